The van der Waals surface area contributed by atoms with Crippen LogP contribution >= 0.6 is 22.7 Å². The molecule has 0 bridgehead atoms. The molecule has 0 fully saturated rings. The van der Waals surface area contributed by atoms with Crippen LogP contribution in [0.5, 0.6) is 0 Å². The molecular formula is C11H15N3O2S3. The molecule has 0 atom stereocenters. The fourth-order valence-corrected chi connectivity index (χ4v) is 4.73. The molecule has 0 saturated carbocycles. The van der Waals surface area contributed by atoms with E-state index in [1.54, 1.807) is 6.07 Å². The van der Waals surface area contributed by atoms with Crippen molar-refractivity contribution in [2.24, 2.45) is 0 Å². The van der Waals surface area contributed by atoms with Crippen molar-refractivity contribution in [1.82, 2.24) is 10.3 Å². The highest BCUT2D eigenvalue weighted by molar-refractivity contribution is 7.94. The van der Waals surface area contributed by atoms with Crippen molar-refractivity contribution in [3.05, 3.63) is 27.6 Å². The van der Waals surface area contributed by atoms with E-state index in [0.29, 0.717) is 15.9 Å². The molecule has 8 heteroatoms. The average Bonchev–Trinajstić information content (AvgIpc) is 2.88. The Hall–Kier alpha value is -0.960. The predicted octanol–water partition coefficient (Wildman–Crippen LogP) is 2.34. The van der Waals surface area contributed by atoms with Crippen LogP contribution in [0.3, 0.4) is 0 Å². The fourth-order valence-electron chi connectivity index (χ4n) is 1.47. The molecule has 19 heavy (non-hydrogen) atoms. The van der Waals surface area contributed by atoms with Gasteiger partial charge in [-0.1, -0.05) is 0 Å². The summed E-state index contributed by atoms with van der Waals surface area (Å²) in [6.45, 7) is 4.43. The fraction of sp³-hybridized carbons (Fsp3) is 0.364. The molecule has 0 radical (unpaired) electrons. The molecule has 5 nitrogen and oxygen atoms in total. The highest BCUT2D eigenvalue weighted by atomic mass is 32.2. The molecule has 0 unspecified atom stereocenters. The van der Waals surface area contributed by atoms with Gasteiger partial charge in [0.25, 0.3) is 10.0 Å². The molecule has 0 amide bonds. The molecule has 0 spiro atoms. The van der Waals surface area contributed by atoms with Gasteiger partial charge in [0, 0.05) is 11.4 Å². The van der Waals surface area contributed by atoms with Gasteiger partial charge >= 0.3 is 0 Å². The summed E-state index contributed by atoms with van der Waals surface area (Å²) in [6, 6.07) is 1.68. The third kappa shape index (κ3) is 3.33. The molecule has 2 aromatic rings. The van der Waals surface area contributed by atoms with Gasteiger partial charge in [-0.25, -0.2) is 13.4 Å². The van der Waals surface area contributed by atoms with Crippen LogP contribution in [0.2, 0.25) is 0 Å². The molecule has 104 valence electrons. The zero-order chi connectivity index (χ0) is 14.0. The average molecular weight is 317 g/mol. The van der Waals surface area contributed by atoms with E-state index in [1.165, 1.54) is 22.7 Å². The maximum atomic E-state index is 12.2. The summed E-state index contributed by atoms with van der Waals surface area (Å²) in [5, 5.41) is 5.24. The maximum absolute atomic E-state index is 12.2. The molecule has 2 N–H and O–H groups in total. The summed E-state index contributed by atoms with van der Waals surface area (Å²) in [5.41, 5.74) is 1.81. The van der Waals surface area contributed by atoms with Gasteiger partial charge in [0.1, 0.15) is 4.21 Å². The number of anilines is 1. The van der Waals surface area contributed by atoms with Crippen molar-refractivity contribution >= 4 is 37.8 Å². The number of nitrogens with one attached hydrogen (secondary N) is 2. The van der Waals surface area contributed by atoms with Crippen LogP contribution in [0, 0.1) is 13.8 Å². The Labute approximate surface area is 120 Å². The SMILES string of the molecule is CNCc1csc(S(=O)(=O)Nc2nc(C)c(C)s2)c1. The van der Waals surface area contributed by atoms with Crippen molar-refractivity contribution in [2.45, 2.75) is 24.6 Å². The molecule has 2 rings (SSSR count). The molecule has 2 aromatic heterocycles. The molecule has 0 saturated heterocycles. The number of nitrogens with zero attached hydrogens (tertiary/aromatic N) is 1. The second-order valence-corrected chi connectivity index (χ2v) is 8.09. The van der Waals surface area contributed by atoms with E-state index in [0.717, 1.165) is 16.1 Å². The lowest BCUT2D eigenvalue weighted by Gasteiger charge is -2.01. The molecule has 2 heterocycles. The van der Waals surface area contributed by atoms with Crippen LogP contribution in [0.15, 0.2) is 15.7 Å². The van der Waals surface area contributed by atoms with Crippen LogP contribution in [0.4, 0.5) is 5.13 Å². The number of sulfonamides is 1. The second-order valence-electron chi connectivity index (χ2n) is 4.07. The lowest BCUT2D eigenvalue weighted by atomic mass is 10.3. The van der Waals surface area contributed by atoms with E-state index >= 15 is 0 Å². The first-order chi connectivity index (χ1) is 8.92. The Morgan fingerprint density at radius 1 is 1.37 bits per heavy atom. The Morgan fingerprint density at radius 3 is 2.68 bits per heavy atom. The van der Waals surface area contributed by atoms with Gasteiger partial charge in [-0.2, -0.15) is 0 Å². The number of rotatable bonds is 5. The van der Waals surface area contributed by atoms with Crippen LogP contribution in [-0.4, -0.2) is 20.4 Å². The Kier molecular flexibility index (Phi) is 4.24. The highest BCUT2D eigenvalue weighted by Gasteiger charge is 2.18. The third-order valence-corrected chi connectivity index (χ3v) is 6.47. The zero-order valence-electron chi connectivity index (χ0n) is 10.9. The van der Waals surface area contributed by atoms with Crippen LogP contribution in [-0.2, 0) is 16.6 Å². The molecular weight excluding hydrogens is 302 g/mol. The Morgan fingerprint density at radius 2 is 2.11 bits per heavy atom. The lowest BCUT2D eigenvalue weighted by Crippen LogP contribution is -2.11. The first-order valence-electron chi connectivity index (χ1n) is 5.61. The van der Waals surface area contributed by atoms with E-state index in [4.69, 9.17) is 0 Å². The van der Waals surface area contributed by atoms with Gasteiger partial charge in [0.2, 0.25) is 0 Å². The Balaban J connectivity index is 2.21. The van der Waals surface area contributed by atoms with Gasteiger partial charge in [0.15, 0.2) is 5.13 Å². The number of aromatic nitrogens is 1. The normalized spacial score (nSPS) is 11.7. The summed E-state index contributed by atoms with van der Waals surface area (Å²) in [7, 11) is -1.70. The Bertz CT molecular complexity index is 654. The minimum Gasteiger partial charge on any atom is -0.316 e. The summed E-state index contributed by atoms with van der Waals surface area (Å²) < 4.78 is 27.2. The van der Waals surface area contributed by atoms with Gasteiger partial charge < -0.3 is 5.32 Å². The van der Waals surface area contributed by atoms with E-state index in [1.807, 2.05) is 26.3 Å². The van der Waals surface area contributed by atoms with Crippen LogP contribution in [0.25, 0.3) is 0 Å². The molecule has 0 aliphatic heterocycles. The topological polar surface area (TPSA) is 71.1 Å². The van der Waals surface area contributed by atoms with Gasteiger partial charge in [-0.15, -0.1) is 22.7 Å². The smallest absolute Gasteiger partial charge is 0.273 e. The van der Waals surface area contributed by atoms with Crippen molar-refractivity contribution in [3.8, 4) is 0 Å². The summed E-state index contributed by atoms with van der Waals surface area (Å²) in [5.74, 6) is 0. The molecule has 0 aromatic carbocycles. The van der Waals surface area contributed by atoms with Crippen molar-refractivity contribution in [3.63, 3.8) is 0 Å². The second kappa shape index (κ2) is 5.58. The maximum Gasteiger partial charge on any atom is 0.273 e. The lowest BCUT2D eigenvalue weighted by molar-refractivity contribution is 0.603. The minimum atomic E-state index is -3.53. The quantitative estimate of drug-likeness (QED) is 0.888. The van der Waals surface area contributed by atoms with Crippen molar-refractivity contribution in [2.75, 3.05) is 11.8 Å². The summed E-state index contributed by atoms with van der Waals surface area (Å²) in [6.07, 6.45) is 0. The number of hydrogen-bond donors (Lipinski definition) is 2. The van der Waals surface area contributed by atoms with E-state index < -0.39 is 10.0 Å². The monoisotopic (exact) mass is 317 g/mol. The number of hydrogen-bond acceptors (Lipinski definition) is 6. The first-order valence-corrected chi connectivity index (χ1v) is 8.79. The molecule has 0 aliphatic carbocycles. The highest BCUT2D eigenvalue weighted by Crippen LogP contribution is 2.26. The van der Waals surface area contributed by atoms with E-state index in [2.05, 4.69) is 15.0 Å². The third-order valence-electron chi connectivity index (χ3n) is 2.53. The first kappa shape index (κ1) is 14.4. The van der Waals surface area contributed by atoms with Crippen molar-refractivity contribution in [1.29, 1.82) is 0 Å². The van der Waals surface area contributed by atoms with Crippen LogP contribution < -0.4 is 10.0 Å². The summed E-state index contributed by atoms with van der Waals surface area (Å²) in [4.78, 5) is 5.20. The van der Waals surface area contributed by atoms with Gasteiger partial charge in [-0.3, -0.25) is 4.72 Å². The van der Waals surface area contributed by atoms with Gasteiger partial charge in [-0.05, 0) is 37.9 Å². The van der Waals surface area contributed by atoms with Gasteiger partial charge in [0.05, 0.1) is 5.69 Å². The summed E-state index contributed by atoms with van der Waals surface area (Å²) >= 11 is 2.56. The number of aryl methyl sites for hydroxylation is 2. The molecule has 0 aliphatic rings. The largest absolute Gasteiger partial charge is 0.316 e. The van der Waals surface area contributed by atoms with Crippen molar-refractivity contribution < 1.29 is 8.42 Å². The number of thiazole rings is 1. The van der Waals surface area contributed by atoms with Crippen LogP contribution in [0.1, 0.15) is 16.1 Å². The zero-order valence-corrected chi connectivity index (χ0v) is 13.3. The predicted molar refractivity (Wildman–Crippen MR) is 79.5 cm³/mol. The van der Waals surface area contributed by atoms with E-state index in [9.17, 15) is 8.42 Å². The number of thiophene rings is 1. The standard InChI is InChI=1S/C11H15N3O2S3/c1-7-8(2)18-11(13-7)14-19(15,16)10-4-9(5-12-3)6-17-10/h4,6,12H,5H2,1-3H3,(H,13,14). The van der Waals surface area contributed by atoms with E-state index in [-0.39, 0.29) is 0 Å². The minimum absolute atomic E-state index is 0.309.